The highest BCUT2D eigenvalue weighted by atomic mass is 16.5. The minimum Gasteiger partial charge on any atom is -0.490 e. The first-order chi connectivity index (χ1) is 15.8. The van der Waals surface area contributed by atoms with Gasteiger partial charge in [-0.25, -0.2) is 4.52 Å². The second-order valence-electron chi connectivity index (χ2n) is 9.97. The van der Waals surface area contributed by atoms with Gasteiger partial charge in [-0.15, -0.1) is 0 Å². The lowest BCUT2D eigenvalue weighted by Gasteiger charge is -2.28. The molecule has 2 aliphatic rings. The molecule has 0 bridgehead atoms. The molecule has 0 saturated heterocycles. The van der Waals surface area contributed by atoms with Crippen molar-refractivity contribution < 1.29 is 9.53 Å². The molecule has 1 aliphatic heterocycles. The lowest BCUT2D eigenvalue weighted by molar-refractivity contribution is 0.100. The zero-order valence-electron chi connectivity index (χ0n) is 19.7. The molecule has 1 fully saturated rings. The summed E-state index contributed by atoms with van der Waals surface area (Å²) in [6.07, 6.45) is 7.76. The zero-order chi connectivity index (χ0) is 23.3. The van der Waals surface area contributed by atoms with Crippen LogP contribution in [0.4, 0.5) is 11.4 Å². The number of aromatic nitrogens is 2. The highest BCUT2D eigenvalue weighted by Gasteiger charge is 2.39. The van der Waals surface area contributed by atoms with Crippen LogP contribution in [-0.2, 0) is 0 Å². The number of nitrogens with zero attached hydrogens (tertiary/aromatic N) is 4. The Morgan fingerprint density at radius 2 is 2.09 bits per heavy atom. The van der Waals surface area contributed by atoms with Crippen LogP contribution in [0.3, 0.4) is 0 Å². The molecule has 1 amide bonds. The molecule has 2 aromatic heterocycles. The van der Waals surface area contributed by atoms with Crippen molar-refractivity contribution in [2.24, 2.45) is 28.0 Å². The van der Waals surface area contributed by atoms with Gasteiger partial charge in [0.25, 0.3) is 5.91 Å². The van der Waals surface area contributed by atoms with Gasteiger partial charge < -0.3 is 15.4 Å². The molecule has 33 heavy (non-hydrogen) atoms. The van der Waals surface area contributed by atoms with E-state index in [4.69, 9.17) is 15.5 Å². The van der Waals surface area contributed by atoms with Gasteiger partial charge in [0, 0.05) is 25.0 Å². The van der Waals surface area contributed by atoms with Crippen LogP contribution < -0.4 is 15.4 Å². The molecule has 1 aromatic carbocycles. The first-order valence-electron chi connectivity index (χ1n) is 11.6. The monoisotopic (exact) mass is 445 g/mol. The van der Waals surface area contributed by atoms with Crippen molar-refractivity contribution in [3.05, 3.63) is 42.2 Å². The minimum atomic E-state index is -0.524. The van der Waals surface area contributed by atoms with E-state index in [1.807, 2.05) is 18.5 Å². The van der Waals surface area contributed by atoms with E-state index in [-0.39, 0.29) is 5.41 Å². The van der Waals surface area contributed by atoms with E-state index in [0.29, 0.717) is 29.7 Å². The second-order valence-corrected chi connectivity index (χ2v) is 9.97. The van der Waals surface area contributed by atoms with Crippen LogP contribution in [0.15, 0.2) is 41.7 Å². The summed E-state index contributed by atoms with van der Waals surface area (Å²) in [6.45, 7) is 8.43. The number of primary amides is 1. The average molecular weight is 446 g/mol. The molecular weight excluding hydrogens is 414 g/mol. The Morgan fingerprint density at radius 1 is 1.27 bits per heavy atom. The summed E-state index contributed by atoms with van der Waals surface area (Å²) in [5, 5.41) is 4.43. The molecule has 2 N–H and O–H groups in total. The smallest absolute Gasteiger partial charge is 0.252 e. The number of amides is 1. The van der Waals surface area contributed by atoms with E-state index in [1.54, 1.807) is 4.52 Å². The summed E-state index contributed by atoms with van der Waals surface area (Å²) in [5.74, 6) is 1.33. The van der Waals surface area contributed by atoms with Gasteiger partial charge in [0.1, 0.15) is 18.0 Å². The average Bonchev–Trinajstić information content (AvgIpc) is 3.33. The summed E-state index contributed by atoms with van der Waals surface area (Å²) in [4.78, 5) is 19.2. The number of hydrogen-bond acceptors (Lipinski definition) is 5. The Bertz CT molecular complexity index is 1260. The third-order valence-electron chi connectivity index (χ3n) is 7.78. The molecule has 1 saturated carbocycles. The van der Waals surface area contributed by atoms with E-state index >= 15 is 0 Å². The van der Waals surface area contributed by atoms with E-state index < -0.39 is 5.91 Å². The number of carbonyl (C=O) groups excluding carboxylic acids is 1. The van der Waals surface area contributed by atoms with Crippen molar-refractivity contribution in [2.45, 2.75) is 33.6 Å². The Balaban J connectivity index is 1.57. The van der Waals surface area contributed by atoms with Gasteiger partial charge in [0.05, 0.1) is 29.5 Å². The highest BCUT2D eigenvalue weighted by molar-refractivity contribution is 6.02. The number of hydrogen-bond donors (Lipinski definition) is 1. The number of benzene rings is 1. The number of carbonyl (C=O) groups is 1. The molecular formula is C26H31N5O2. The largest absolute Gasteiger partial charge is 0.490 e. The number of rotatable bonds is 4. The van der Waals surface area contributed by atoms with Gasteiger partial charge in [-0.2, -0.15) is 5.10 Å². The van der Waals surface area contributed by atoms with Crippen molar-refractivity contribution in [1.29, 1.82) is 0 Å². The predicted molar refractivity (Wildman–Crippen MR) is 132 cm³/mol. The lowest BCUT2D eigenvalue weighted by Crippen LogP contribution is -2.28. The maximum Gasteiger partial charge on any atom is 0.252 e. The van der Waals surface area contributed by atoms with Crippen LogP contribution in [-0.4, -0.2) is 41.9 Å². The van der Waals surface area contributed by atoms with Gasteiger partial charge in [-0.3, -0.25) is 9.79 Å². The number of ether oxygens (including phenoxy) is 1. The molecule has 1 aliphatic carbocycles. The van der Waals surface area contributed by atoms with Gasteiger partial charge in [0.2, 0.25) is 0 Å². The number of nitrogens with two attached hydrogens (primary N) is 1. The molecule has 3 heterocycles. The summed E-state index contributed by atoms with van der Waals surface area (Å²) in [6, 6.07) is 8.24. The maximum atomic E-state index is 12.2. The normalized spacial score (nSPS) is 22.0. The first kappa shape index (κ1) is 21.5. The molecule has 7 nitrogen and oxygen atoms in total. The molecule has 2 atom stereocenters. The fourth-order valence-corrected chi connectivity index (χ4v) is 5.03. The van der Waals surface area contributed by atoms with Crippen LogP contribution in [0, 0.1) is 17.3 Å². The van der Waals surface area contributed by atoms with Gasteiger partial charge in [0.15, 0.2) is 0 Å². The number of anilines is 1. The number of likely N-dealkylation sites (N-methyl/N-ethyl adjacent to an activating group) is 1. The number of aliphatic imine (C=N–C) groups is 1. The summed E-state index contributed by atoms with van der Waals surface area (Å²) in [5.41, 5.74) is 10.6. The first-order valence-corrected chi connectivity index (χ1v) is 11.6. The van der Waals surface area contributed by atoms with Crippen LogP contribution in [0.5, 0.6) is 5.75 Å². The summed E-state index contributed by atoms with van der Waals surface area (Å²) in [7, 11) is 2.07. The lowest BCUT2D eigenvalue weighted by atomic mass is 9.77. The van der Waals surface area contributed by atoms with E-state index in [2.05, 4.69) is 56.0 Å². The van der Waals surface area contributed by atoms with Crippen molar-refractivity contribution in [3.8, 4) is 16.9 Å². The van der Waals surface area contributed by atoms with Crippen LogP contribution >= 0.6 is 0 Å². The molecule has 7 heteroatoms. The van der Waals surface area contributed by atoms with Crippen LogP contribution in [0.25, 0.3) is 16.6 Å². The number of fused-ring (bicyclic) bond motifs is 2. The summed E-state index contributed by atoms with van der Waals surface area (Å²) >= 11 is 0. The van der Waals surface area contributed by atoms with E-state index in [1.165, 1.54) is 12.6 Å². The Hall–Kier alpha value is -3.35. The maximum absolute atomic E-state index is 12.2. The predicted octanol–water partition coefficient (Wildman–Crippen LogP) is 4.70. The molecule has 3 aromatic rings. The molecule has 2 unspecified atom stereocenters. The Morgan fingerprint density at radius 3 is 2.82 bits per heavy atom. The third kappa shape index (κ3) is 3.65. The highest BCUT2D eigenvalue weighted by Crippen LogP contribution is 2.46. The SMILES string of the molecule is CC1CCC(C=Nc2c(C(N)=O)cnn3cc(-c4ccc5c(c4)OCCN5C)cc23)C1(C)C. The molecule has 5 rings (SSSR count). The zero-order valence-corrected chi connectivity index (χ0v) is 19.7. The standard InChI is InChI=1S/C26H31N5O2/c1-16-5-7-19(26(16,2)3)13-28-24-20(25(27)32)14-29-31-15-18(11-22(24)31)17-6-8-21-23(12-17)33-10-9-30(21)4/h6,8,11-16,19H,5,7,9-10H2,1-4H3,(H2,27,32). The fraction of sp³-hybridized carbons (Fsp3) is 0.423. The molecule has 172 valence electrons. The van der Waals surface area contributed by atoms with E-state index in [0.717, 1.165) is 41.0 Å². The van der Waals surface area contributed by atoms with Crippen LogP contribution in [0.1, 0.15) is 44.0 Å². The van der Waals surface area contributed by atoms with Crippen molar-refractivity contribution in [3.63, 3.8) is 0 Å². The van der Waals surface area contributed by atoms with Crippen molar-refractivity contribution in [2.75, 3.05) is 25.1 Å². The fourth-order valence-electron chi connectivity index (χ4n) is 5.03. The summed E-state index contributed by atoms with van der Waals surface area (Å²) < 4.78 is 7.65. The molecule has 0 spiro atoms. The molecule has 0 radical (unpaired) electrons. The van der Waals surface area contributed by atoms with E-state index in [9.17, 15) is 4.79 Å². The third-order valence-corrected chi connectivity index (χ3v) is 7.78. The second kappa shape index (κ2) is 7.90. The van der Waals surface area contributed by atoms with Gasteiger partial charge in [-0.1, -0.05) is 26.8 Å². The van der Waals surface area contributed by atoms with Gasteiger partial charge >= 0.3 is 0 Å². The van der Waals surface area contributed by atoms with Crippen molar-refractivity contribution in [1.82, 2.24) is 9.61 Å². The quantitative estimate of drug-likeness (QED) is 0.590. The Labute approximate surface area is 194 Å². The minimum absolute atomic E-state index is 0.170. The van der Waals surface area contributed by atoms with Crippen molar-refractivity contribution >= 4 is 29.0 Å². The van der Waals surface area contributed by atoms with Gasteiger partial charge in [-0.05, 0) is 53.9 Å². The topological polar surface area (TPSA) is 85.2 Å². The van der Waals surface area contributed by atoms with Crippen LogP contribution in [0.2, 0.25) is 0 Å². The Kier molecular flexibility index (Phi) is 5.15.